The molecule has 2 heterocycles. The van der Waals surface area contributed by atoms with Crippen LogP contribution in [0.25, 0.3) is 0 Å². The third-order valence-electron chi connectivity index (χ3n) is 6.17. The number of rotatable bonds is 7. The lowest BCUT2D eigenvalue weighted by atomic mass is 9.98. The molecule has 2 aromatic carbocycles. The molecule has 0 radical (unpaired) electrons. The Hall–Kier alpha value is -3.34. The SMILES string of the molecule is CC.CC(C)(C)OC(=O)N1CCC(CCc2cc(F)c(N3CC(=O)NS3(=O)=O)c(OCc3ccccc3)c2)C1. The number of amides is 2. The quantitative estimate of drug-likeness (QED) is 0.519. The van der Waals surface area contributed by atoms with Crippen LogP contribution in [0.4, 0.5) is 14.9 Å². The van der Waals surface area contributed by atoms with E-state index in [1.807, 2.05) is 69.7 Å². The topological polar surface area (TPSA) is 105 Å². The average Bonchev–Trinajstić information content (AvgIpc) is 3.45. The van der Waals surface area contributed by atoms with E-state index in [9.17, 15) is 18.0 Å². The van der Waals surface area contributed by atoms with E-state index in [0.717, 1.165) is 12.0 Å². The van der Waals surface area contributed by atoms with Gasteiger partial charge < -0.3 is 14.4 Å². The Kier molecular flexibility index (Phi) is 9.82. The molecule has 214 valence electrons. The lowest BCUT2D eigenvalue weighted by molar-refractivity contribution is -0.117. The largest absolute Gasteiger partial charge is 0.487 e. The Morgan fingerprint density at radius 2 is 1.82 bits per heavy atom. The Morgan fingerprint density at radius 1 is 1.13 bits per heavy atom. The van der Waals surface area contributed by atoms with Gasteiger partial charge in [-0.15, -0.1) is 0 Å². The summed E-state index contributed by atoms with van der Waals surface area (Å²) in [5.74, 6) is -1.26. The highest BCUT2D eigenvalue weighted by Crippen LogP contribution is 2.37. The Balaban J connectivity index is 0.00000205. The molecule has 2 amide bonds. The molecule has 0 bridgehead atoms. The van der Waals surface area contributed by atoms with Crippen molar-refractivity contribution < 1.29 is 31.9 Å². The summed E-state index contributed by atoms with van der Waals surface area (Å²) in [6.07, 6.45) is 1.70. The molecule has 0 aromatic heterocycles. The first kappa shape index (κ1) is 30.2. The van der Waals surface area contributed by atoms with Crippen LogP contribution in [0.1, 0.15) is 58.6 Å². The van der Waals surface area contributed by atoms with Gasteiger partial charge in [0.25, 0.3) is 5.91 Å². The third-order valence-corrected chi connectivity index (χ3v) is 7.55. The molecular weight excluding hydrogens is 525 g/mol. The summed E-state index contributed by atoms with van der Waals surface area (Å²) in [6, 6.07) is 12.1. The molecule has 0 aliphatic carbocycles. The van der Waals surface area contributed by atoms with Crippen LogP contribution in [0, 0.1) is 11.7 Å². The second-order valence-electron chi connectivity index (χ2n) is 10.4. The molecule has 2 aliphatic heterocycles. The van der Waals surface area contributed by atoms with Gasteiger partial charge in [0.2, 0.25) is 0 Å². The lowest BCUT2D eigenvalue weighted by Crippen LogP contribution is -2.35. The predicted molar refractivity (Wildman–Crippen MR) is 147 cm³/mol. The van der Waals surface area contributed by atoms with Gasteiger partial charge in [0, 0.05) is 13.1 Å². The van der Waals surface area contributed by atoms with E-state index in [1.54, 1.807) is 11.0 Å². The summed E-state index contributed by atoms with van der Waals surface area (Å²) in [4.78, 5) is 25.8. The van der Waals surface area contributed by atoms with Crippen molar-refractivity contribution in [1.82, 2.24) is 9.62 Å². The number of anilines is 1. The van der Waals surface area contributed by atoms with E-state index in [-0.39, 0.29) is 30.1 Å². The summed E-state index contributed by atoms with van der Waals surface area (Å²) < 4.78 is 54.2. The van der Waals surface area contributed by atoms with Gasteiger partial charge in [0.05, 0.1) is 0 Å². The lowest BCUT2D eigenvalue weighted by Gasteiger charge is -2.24. The minimum atomic E-state index is -4.22. The molecule has 9 nitrogen and oxygen atoms in total. The molecule has 11 heteroatoms. The molecule has 2 aromatic rings. The van der Waals surface area contributed by atoms with E-state index >= 15 is 4.39 Å². The van der Waals surface area contributed by atoms with Crippen LogP contribution >= 0.6 is 0 Å². The van der Waals surface area contributed by atoms with Crippen LogP contribution in [0.3, 0.4) is 0 Å². The zero-order valence-electron chi connectivity index (χ0n) is 23.2. The number of carbonyl (C=O) groups excluding carboxylic acids is 2. The van der Waals surface area contributed by atoms with Gasteiger partial charge in [-0.3, -0.25) is 4.79 Å². The fourth-order valence-electron chi connectivity index (χ4n) is 4.44. The molecule has 1 unspecified atom stereocenters. The number of hydrogen-bond acceptors (Lipinski definition) is 6. The van der Waals surface area contributed by atoms with Crippen molar-refractivity contribution in [3.05, 3.63) is 59.4 Å². The van der Waals surface area contributed by atoms with Crippen LogP contribution in [-0.4, -0.2) is 50.6 Å². The molecule has 1 N–H and O–H groups in total. The van der Waals surface area contributed by atoms with Gasteiger partial charge in [0.15, 0.2) is 5.82 Å². The van der Waals surface area contributed by atoms with Crippen LogP contribution in [0.15, 0.2) is 42.5 Å². The maximum Gasteiger partial charge on any atom is 0.410 e. The van der Waals surface area contributed by atoms with E-state index < -0.39 is 34.1 Å². The van der Waals surface area contributed by atoms with Crippen LogP contribution in [-0.2, 0) is 32.8 Å². The number of benzene rings is 2. The van der Waals surface area contributed by atoms with Gasteiger partial charge >= 0.3 is 16.3 Å². The van der Waals surface area contributed by atoms with Crippen molar-refractivity contribution >= 4 is 27.9 Å². The number of nitrogens with zero attached hydrogens (tertiary/aromatic N) is 2. The Labute approximate surface area is 230 Å². The molecule has 39 heavy (non-hydrogen) atoms. The maximum atomic E-state index is 15.4. The third kappa shape index (κ3) is 8.08. The second-order valence-corrected chi connectivity index (χ2v) is 12.0. The minimum absolute atomic E-state index is 0.0423. The zero-order chi connectivity index (χ0) is 28.8. The Morgan fingerprint density at radius 3 is 2.44 bits per heavy atom. The van der Waals surface area contributed by atoms with Gasteiger partial charge in [-0.2, -0.15) is 8.42 Å². The average molecular weight is 564 g/mol. The normalized spacial score (nSPS) is 18.3. The van der Waals surface area contributed by atoms with E-state index in [1.165, 1.54) is 6.07 Å². The minimum Gasteiger partial charge on any atom is -0.487 e. The molecular formula is C28H38FN3O6S. The number of likely N-dealkylation sites (tertiary alicyclic amines) is 1. The Bertz CT molecular complexity index is 1260. The summed E-state index contributed by atoms with van der Waals surface area (Å²) in [7, 11) is -4.22. The van der Waals surface area contributed by atoms with Crippen LogP contribution in [0.2, 0.25) is 0 Å². The van der Waals surface area contributed by atoms with Crippen molar-refractivity contribution in [2.24, 2.45) is 5.92 Å². The van der Waals surface area contributed by atoms with Crippen LogP contribution < -0.4 is 13.8 Å². The molecule has 0 spiro atoms. The molecule has 2 aliphatic rings. The van der Waals surface area contributed by atoms with Gasteiger partial charge in [-0.1, -0.05) is 44.2 Å². The fraction of sp³-hybridized carbons (Fsp3) is 0.500. The second kappa shape index (κ2) is 12.7. The maximum absolute atomic E-state index is 15.4. The fourth-order valence-corrected chi connectivity index (χ4v) is 5.60. The van der Waals surface area contributed by atoms with E-state index in [2.05, 4.69) is 0 Å². The zero-order valence-corrected chi connectivity index (χ0v) is 24.0. The summed E-state index contributed by atoms with van der Waals surface area (Å²) in [5.41, 5.74) is 0.602. The van der Waals surface area contributed by atoms with Crippen molar-refractivity contribution in [1.29, 1.82) is 0 Å². The van der Waals surface area contributed by atoms with Crippen LogP contribution in [0.5, 0.6) is 5.75 Å². The monoisotopic (exact) mass is 563 g/mol. The summed E-state index contributed by atoms with van der Waals surface area (Å²) in [6.45, 7) is 10.2. The van der Waals surface area contributed by atoms with E-state index in [0.29, 0.717) is 35.8 Å². The predicted octanol–water partition coefficient (Wildman–Crippen LogP) is 4.80. The number of aryl methyl sites for hydroxylation is 1. The number of ether oxygens (including phenoxy) is 2. The highest BCUT2D eigenvalue weighted by Gasteiger charge is 2.38. The highest BCUT2D eigenvalue weighted by molar-refractivity contribution is 7.92. The van der Waals surface area contributed by atoms with Crippen molar-refractivity contribution in [2.75, 3.05) is 23.9 Å². The molecule has 4 rings (SSSR count). The number of carbonyl (C=O) groups is 2. The standard InChI is InChI=1S/C26H32FN3O6S.C2H6/c1-26(2,3)36-25(32)29-12-11-18(15-29)9-10-20-13-21(27)24(30-16-23(31)28-37(30,33)34)22(14-20)35-17-19-7-5-4-6-8-19;1-2/h4-8,13-14,18H,9-12,15-17H2,1-3H3,(H,28,31);1-2H3. The summed E-state index contributed by atoms with van der Waals surface area (Å²) in [5, 5.41) is 0. The molecule has 0 saturated carbocycles. The molecule has 1 atom stereocenters. The summed E-state index contributed by atoms with van der Waals surface area (Å²) >= 11 is 0. The first-order valence-electron chi connectivity index (χ1n) is 13.2. The van der Waals surface area contributed by atoms with Crippen molar-refractivity contribution in [2.45, 2.75) is 66.1 Å². The van der Waals surface area contributed by atoms with E-state index in [4.69, 9.17) is 9.47 Å². The number of nitrogens with one attached hydrogen (secondary N) is 1. The number of hydrogen-bond donors (Lipinski definition) is 1. The van der Waals surface area contributed by atoms with Crippen molar-refractivity contribution in [3.8, 4) is 5.75 Å². The smallest absolute Gasteiger partial charge is 0.410 e. The highest BCUT2D eigenvalue weighted by atomic mass is 32.2. The van der Waals surface area contributed by atoms with Gasteiger partial charge in [0.1, 0.15) is 30.2 Å². The molecule has 2 fully saturated rings. The van der Waals surface area contributed by atoms with Crippen molar-refractivity contribution in [3.63, 3.8) is 0 Å². The molecule has 2 saturated heterocycles. The van der Waals surface area contributed by atoms with Gasteiger partial charge in [-0.25, -0.2) is 18.2 Å². The number of halogens is 1. The van der Waals surface area contributed by atoms with Gasteiger partial charge in [-0.05, 0) is 69.2 Å². The first-order valence-corrected chi connectivity index (χ1v) is 14.7. The first-order chi connectivity index (χ1) is 18.4.